The Morgan fingerprint density at radius 3 is 2.28 bits per heavy atom. The molecule has 4 rings (SSSR count). The molecule has 2 unspecified atom stereocenters. The van der Waals surface area contributed by atoms with Crippen molar-refractivity contribution in [2.75, 3.05) is 39.6 Å². The minimum Gasteiger partial charge on any atom is -0.444 e. The first-order chi connectivity index (χ1) is 20.8. The van der Waals surface area contributed by atoms with E-state index in [9.17, 15) is 9.59 Å². The number of unbranched alkanes of at least 4 members (excludes halogenated alkanes) is 3. The minimum absolute atomic E-state index is 0.0207. The van der Waals surface area contributed by atoms with Gasteiger partial charge < -0.3 is 33.7 Å². The zero-order chi connectivity index (χ0) is 30.5. The number of alkyl carbamates (subject to hydrolysis) is 1. The van der Waals surface area contributed by atoms with Crippen molar-refractivity contribution in [3.63, 3.8) is 0 Å². The summed E-state index contributed by atoms with van der Waals surface area (Å²) in [5.41, 5.74) is 4.17. The third-order valence-corrected chi connectivity index (χ3v) is 7.39. The SMILES string of the molecule is CC(C)(C)OC(=O)NCCCCCCOCC(COC(=O)OCC1c2ccccc2-c2ccccc21)OC1CCCCO1. The van der Waals surface area contributed by atoms with Crippen LogP contribution in [0.3, 0.4) is 0 Å². The first-order valence-electron chi connectivity index (χ1n) is 15.6. The molecule has 9 nitrogen and oxygen atoms in total. The summed E-state index contributed by atoms with van der Waals surface area (Å²) >= 11 is 0. The van der Waals surface area contributed by atoms with E-state index in [-0.39, 0.29) is 38.1 Å². The second-order valence-corrected chi connectivity index (χ2v) is 12.1. The number of carbonyl (C=O) groups excluding carboxylic acids is 2. The second-order valence-electron chi connectivity index (χ2n) is 12.1. The van der Waals surface area contributed by atoms with E-state index < -0.39 is 17.9 Å². The maximum absolute atomic E-state index is 12.6. The van der Waals surface area contributed by atoms with Gasteiger partial charge in [0, 0.05) is 25.7 Å². The van der Waals surface area contributed by atoms with Crippen molar-refractivity contribution in [2.24, 2.45) is 0 Å². The summed E-state index contributed by atoms with van der Waals surface area (Å²) in [5.74, 6) is -0.0286. The molecule has 236 valence electrons. The highest BCUT2D eigenvalue weighted by Gasteiger charge is 2.29. The molecule has 0 spiro atoms. The third kappa shape index (κ3) is 10.8. The van der Waals surface area contributed by atoms with Gasteiger partial charge in [-0.25, -0.2) is 9.59 Å². The fourth-order valence-electron chi connectivity index (χ4n) is 5.36. The predicted octanol–water partition coefficient (Wildman–Crippen LogP) is 6.97. The Bertz CT molecular complexity index is 1110. The molecule has 0 bridgehead atoms. The normalized spacial score (nSPS) is 17.0. The maximum Gasteiger partial charge on any atom is 0.508 e. The lowest BCUT2D eigenvalue weighted by Crippen LogP contribution is -2.34. The number of rotatable bonds is 15. The lowest BCUT2D eigenvalue weighted by atomic mass is 9.98. The van der Waals surface area contributed by atoms with Crippen LogP contribution in [0.25, 0.3) is 11.1 Å². The number of ether oxygens (including phenoxy) is 6. The van der Waals surface area contributed by atoms with Gasteiger partial charge in [-0.3, -0.25) is 0 Å². The topological polar surface area (TPSA) is 102 Å². The van der Waals surface area contributed by atoms with Gasteiger partial charge in [-0.05, 0) is 75.1 Å². The van der Waals surface area contributed by atoms with E-state index in [1.165, 1.54) is 11.1 Å². The van der Waals surface area contributed by atoms with Gasteiger partial charge in [0.1, 0.15) is 24.9 Å². The van der Waals surface area contributed by atoms with Crippen LogP contribution in [0.1, 0.15) is 82.8 Å². The van der Waals surface area contributed by atoms with Crippen molar-refractivity contribution in [3.8, 4) is 11.1 Å². The molecular formula is C34H47NO8. The predicted molar refractivity (Wildman–Crippen MR) is 163 cm³/mol. The van der Waals surface area contributed by atoms with Gasteiger partial charge in [0.2, 0.25) is 0 Å². The Morgan fingerprint density at radius 1 is 0.907 bits per heavy atom. The highest BCUT2D eigenvalue weighted by molar-refractivity contribution is 5.79. The molecule has 1 amide bonds. The standard InChI is InChI=1S/C34H47NO8/c1-34(2,3)43-32(36)35-19-11-4-5-12-20-38-22-25(42-31-18-10-13-21-39-31)23-40-33(37)41-24-30-28-16-8-6-14-26(28)27-15-7-9-17-29(27)30/h6-9,14-17,25,30-31H,4-5,10-13,18-24H2,1-3H3,(H,35,36). The Morgan fingerprint density at radius 2 is 1.60 bits per heavy atom. The fourth-order valence-corrected chi connectivity index (χ4v) is 5.36. The highest BCUT2D eigenvalue weighted by Crippen LogP contribution is 2.44. The van der Waals surface area contributed by atoms with Crippen molar-refractivity contribution in [1.29, 1.82) is 0 Å². The summed E-state index contributed by atoms with van der Waals surface area (Å²) in [6, 6.07) is 16.4. The molecule has 9 heteroatoms. The Hall–Kier alpha value is -3.14. The Kier molecular flexibility index (Phi) is 12.7. The number of benzene rings is 2. The second kappa shape index (κ2) is 16.6. The number of hydrogen-bond donors (Lipinski definition) is 1. The molecule has 1 N–H and O–H groups in total. The van der Waals surface area contributed by atoms with E-state index in [1.54, 1.807) is 0 Å². The molecular weight excluding hydrogens is 550 g/mol. The number of nitrogens with one attached hydrogen (secondary N) is 1. The first kappa shape index (κ1) is 32.8. The molecule has 1 fully saturated rings. The molecule has 2 aromatic carbocycles. The molecule has 0 radical (unpaired) electrons. The van der Waals surface area contributed by atoms with Gasteiger partial charge in [-0.15, -0.1) is 0 Å². The van der Waals surface area contributed by atoms with E-state index >= 15 is 0 Å². The van der Waals surface area contributed by atoms with Crippen molar-refractivity contribution in [2.45, 2.75) is 89.6 Å². The van der Waals surface area contributed by atoms with Gasteiger partial charge in [0.05, 0.1) is 6.61 Å². The zero-order valence-electron chi connectivity index (χ0n) is 25.8. The molecule has 2 aliphatic rings. The van der Waals surface area contributed by atoms with Crippen LogP contribution < -0.4 is 5.32 Å². The van der Waals surface area contributed by atoms with Crippen molar-refractivity contribution < 1.29 is 38.0 Å². The van der Waals surface area contributed by atoms with Gasteiger partial charge in [0.25, 0.3) is 0 Å². The maximum atomic E-state index is 12.6. The summed E-state index contributed by atoms with van der Waals surface area (Å²) < 4.78 is 34.0. The largest absolute Gasteiger partial charge is 0.508 e. The minimum atomic E-state index is -0.722. The average molecular weight is 598 g/mol. The molecule has 43 heavy (non-hydrogen) atoms. The van der Waals surface area contributed by atoms with E-state index in [2.05, 4.69) is 29.6 Å². The summed E-state index contributed by atoms with van der Waals surface area (Å²) in [4.78, 5) is 24.3. The number of fused-ring (bicyclic) bond motifs is 3. The van der Waals surface area contributed by atoms with E-state index in [1.807, 2.05) is 45.0 Å². The fraction of sp³-hybridized carbons (Fsp3) is 0.588. The van der Waals surface area contributed by atoms with Crippen LogP contribution in [0.2, 0.25) is 0 Å². The van der Waals surface area contributed by atoms with Crippen molar-refractivity contribution in [1.82, 2.24) is 5.32 Å². The average Bonchev–Trinajstić information content (AvgIpc) is 3.31. The quantitative estimate of drug-likeness (QED) is 0.174. The lowest BCUT2D eigenvalue weighted by Gasteiger charge is -2.27. The monoisotopic (exact) mass is 597 g/mol. The Balaban J connectivity index is 1.15. The molecule has 2 atom stereocenters. The number of carbonyl (C=O) groups is 2. The van der Waals surface area contributed by atoms with Crippen LogP contribution in [-0.4, -0.2) is 69.8 Å². The summed E-state index contributed by atoms with van der Waals surface area (Å²) in [5, 5.41) is 2.78. The molecule has 1 saturated heterocycles. The van der Waals surface area contributed by atoms with Crippen LogP contribution in [0.15, 0.2) is 48.5 Å². The summed E-state index contributed by atoms with van der Waals surface area (Å²) in [6.45, 7) is 7.86. The van der Waals surface area contributed by atoms with Crippen LogP contribution in [-0.2, 0) is 28.4 Å². The van der Waals surface area contributed by atoms with Crippen molar-refractivity contribution >= 4 is 12.2 Å². The van der Waals surface area contributed by atoms with Crippen molar-refractivity contribution in [3.05, 3.63) is 59.7 Å². The van der Waals surface area contributed by atoms with Crippen LogP contribution in [0.5, 0.6) is 0 Å². The van der Waals surface area contributed by atoms with Gasteiger partial charge in [-0.2, -0.15) is 0 Å². The summed E-state index contributed by atoms with van der Waals surface area (Å²) in [6.07, 6.45) is 4.67. The van der Waals surface area contributed by atoms with Gasteiger partial charge in [-0.1, -0.05) is 61.4 Å². The number of hydrogen-bond acceptors (Lipinski definition) is 8. The van der Waals surface area contributed by atoms with Crippen LogP contribution in [0, 0.1) is 0 Å². The Labute approximate surface area is 255 Å². The smallest absolute Gasteiger partial charge is 0.444 e. The van der Waals surface area contributed by atoms with Gasteiger partial charge >= 0.3 is 12.2 Å². The van der Waals surface area contributed by atoms with Crippen LogP contribution in [0.4, 0.5) is 9.59 Å². The molecule has 1 aliphatic carbocycles. The molecule has 1 aliphatic heterocycles. The van der Waals surface area contributed by atoms with E-state index in [0.29, 0.717) is 19.8 Å². The lowest BCUT2D eigenvalue weighted by molar-refractivity contribution is -0.205. The summed E-state index contributed by atoms with van der Waals surface area (Å²) in [7, 11) is 0. The molecule has 1 heterocycles. The van der Waals surface area contributed by atoms with E-state index in [4.69, 9.17) is 28.4 Å². The number of amides is 1. The zero-order valence-corrected chi connectivity index (χ0v) is 25.8. The van der Waals surface area contributed by atoms with Crippen LogP contribution >= 0.6 is 0 Å². The molecule has 0 saturated carbocycles. The third-order valence-electron chi connectivity index (χ3n) is 7.39. The van der Waals surface area contributed by atoms with Gasteiger partial charge in [0.15, 0.2) is 6.29 Å². The highest BCUT2D eigenvalue weighted by atomic mass is 16.7. The molecule has 2 aromatic rings. The first-order valence-corrected chi connectivity index (χ1v) is 15.6. The van der Waals surface area contributed by atoms with E-state index in [0.717, 1.165) is 56.1 Å². The molecule has 0 aromatic heterocycles.